The molecule has 2 rings (SSSR count). The lowest BCUT2D eigenvalue weighted by Crippen LogP contribution is -2.29. The number of phenols is 1. The van der Waals surface area contributed by atoms with E-state index in [1.165, 1.54) is 12.3 Å². The average Bonchev–Trinajstić information content (AvgIpc) is 2.56. The van der Waals surface area contributed by atoms with Crippen LogP contribution in [0.5, 0.6) is 5.75 Å². The van der Waals surface area contributed by atoms with Crippen molar-refractivity contribution in [2.75, 3.05) is 0 Å². The summed E-state index contributed by atoms with van der Waals surface area (Å²) in [4.78, 5) is 27.1. The van der Waals surface area contributed by atoms with Crippen LogP contribution < -0.4 is 10.7 Å². The Kier molecular flexibility index (Phi) is 5.81. The molecule has 1 heterocycles. The minimum Gasteiger partial charge on any atom is -0.507 e. The van der Waals surface area contributed by atoms with Crippen LogP contribution >= 0.6 is 0 Å². The Morgan fingerprint density at radius 2 is 2.00 bits per heavy atom. The third kappa shape index (κ3) is 5.58. The Hall–Kier alpha value is -3.22. The van der Waals surface area contributed by atoms with E-state index < -0.39 is 11.8 Å². The van der Waals surface area contributed by atoms with Crippen molar-refractivity contribution < 1.29 is 14.7 Å². The van der Waals surface area contributed by atoms with Crippen molar-refractivity contribution in [1.82, 2.24) is 15.7 Å². The number of aromatic hydroxyl groups is 1. The van der Waals surface area contributed by atoms with Gasteiger partial charge in [0.05, 0.1) is 6.21 Å². The first-order valence-electron chi connectivity index (χ1n) is 6.90. The molecule has 0 fully saturated rings. The lowest BCUT2D eigenvalue weighted by Gasteiger charge is -2.04. The van der Waals surface area contributed by atoms with E-state index in [1.807, 2.05) is 6.07 Å². The second kappa shape index (κ2) is 8.28. The van der Waals surface area contributed by atoms with E-state index in [0.29, 0.717) is 12.1 Å². The molecule has 0 bridgehead atoms. The van der Waals surface area contributed by atoms with Crippen LogP contribution in [0, 0.1) is 0 Å². The fraction of sp³-hybridized carbons (Fsp3) is 0.125. The first-order valence-corrected chi connectivity index (χ1v) is 6.90. The maximum atomic E-state index is 11.6. The zero-order chi connectivity index (χ0) is 16.5. The van der Waals surface area contributed by atoms with Crippen molar-refractivity contribution in [3.63, 3.8) is 0 Å². The van der Waals surface area contributed by atoms with Crippen molar-refractivity contribution in [2.45, 2.75) is 13.0 Å². The normalized spacial score (nSPS) is 10.4. The summed E-state index contributed by atoms with van der Waals surface area (Å²) >= 11 is 0. The fourth-order valence-electron chi connectivity index (χ4n) is 1.72. The second-order valence-corrected chi connectivity index (χ2v) is 4.67. The highest BCUT2D eigenvalue weighted by atomic mass is 16.3. The van der Waals surface area contributed by atoms with E-state index in [-0.39, 0.29) is 12.2 Å². The number of benzene rings is 1. The van der Waals surface area contributed by atoms with Crippen LogP contribution in [0.25, 0.3) is 0 Å². The minimum absolute atomic E-state index is 0.0553. The fourth-order valence-corrected chi connectivity index (χ4v) is 1.72. The van der Waals surface area contributed by atoms with Gasteiger partial charge in [-0.3, -0.25) is 14.6 Å². The number of aromatic nitrogens is 1. The molecule has 1 aromatic carbocycles. The average molecular weight is 312 g/mol. The third-order valence-electron chi connectivity index (χ3n) is 2.86. The summed E-state index contributed by atoms with van der Waals surface area (Å²) in [6.45, 7) is 0.307. The Bertz CT molecular complexity index is 701. The van der Waals surface area contributed by atoms with Gasteiger partial charge in [-0.05, 0) is 23.8 Å². The SMILES string of the molecule is O=C(CC(=O)N/N=C\c1ccccc1O)NCc1cccnc1. The van der Waals surface area contributed by atoms with E-state index in [2.05, 4.69) is 20.8 Å². The molecule has 0 saturated heterocycles. The molecule has 118 valence electrons. The number of carbonyl (C=O) groups is 2. The van der Waals surface area contributed by atoms with Gasteiger partial charge in [0.2, 0.25) is 11.8 Å². The lowest BCUT2D eigenvalue weighted by molar-refractivity contribution is -0.129. The van der Waals surface area contributed by atoms with Crippen LogP contribution in [0.4, 0.5) is 0 Å². The van der Waals surface area contributed by atoms with E-state index in [9.17, 15) is 14.7 Å². The maximum Gasteiger partial charge on any atom is 0.249 e. The molecule has 2 aromatic rings. The van der Waals surface area contributed by atoms with Crippen molar-refractivity contribution in [1.29, 1.82) is 0 Å². The topological polar surface area (TPSA) is 104 Å². The molecule has 1 aromatic heterocycles. The summed E-state index contributed by atoms with van der Waals surface area (Å²) in [6, 6.07) is 10.2. The Labute approximate surface area is 133 Å². The van der Waals surface area contributed by atoms with E-state index in [0.717, 1.165) is 5.56 Å². The number of carbonyl (C=O) groups excluding carboxylic acids is 2. The summed E-state index contributed by atoms with van der Waals surface area (Å²) in [6.07, 6.45) is 4.25. The van der Waals surface area contributed by atoms with Crippen LogP contribution in [-0.4, -0.2) is 28.1 Å². The van der Waals surface area contributed by atoms with Crippen molar-refractivity contribution in [3.8, 4) is 5.75 Å². The highest BCUT2D eigenvalue weighted by molar-refractivity contribution is 5.97. The number of rotatable bonds is 6. The van der Waals surface area contributed by atoms with Gasteiger partial charge in [0.1, 0.15) is 12.2 Å². The summed E-state index contributed by atoms with van der Waals surface area (Å²) in [7, 11) is 0. The molecule has 0 unspecified atom stereocenters. The molecule has 0 aliphatic rings. The predicted molar refractivity (Wildman–Crippen MR) is 84.5 cm³/mol. The summed E-state index contributed by atoms with van der Waals surface area (Å²) in [5.41, 5.74) is 3.55. The number of hydrogen-bond acceptors (Lipinski definition) is 5. The highest BCUT2D eigenvalue weighted by Gasteiger charge is 2.08. The van der Waals surface area contributed by atoms with Gasteiger partial charge in [0, 0.05) is 24.5 Å². The number of phenolic OH excluding ortho intramolecular Hbond substituents is 1. The van der Waals surface area contributed by atoms with E-state index in [1.54, 1.807) is 36.7 Å². The zero-order valence-electron chi connectivity index (χ0n) is 12.3. The van der Waals surface area contributed by atoms with Crippen LogP contribution in [0.1, 0.15) is 17.5 Å². The standard InChI is InChI=1S/C16H16N4O3/c21-14-6-2-1-5-13(14)11-19-20-16(23)8-15(22)18-10-12-4-3-7-17-9-12/h1-7,9,11,21H,8,10H2,(H,18,22)(H,20,23)/b19-11-. The molecule has 0 spiro atoms. The Morgan fingerprint density at radius 3 is 2.74 bits per heavy atom. The molecule has 0 radical (unpaired) electrons. The monoisotopic (exact) mass is 312 g/mol. The molecule has 0 saturated carbocycles. The van der Waals surface area contributed by atoms with Gasteiger partial charge in [-0.1, -0.05) is 18.2 Å². The molecule has 0 aliphatic carbocycles. The molecule has 7 nitrogen and oxygen atoms in total. The third-order valence-corrected chi connectivity index (χ3v) is 2.86. The van der Waals surface area contributed by atoms with Gasteiger partial charge in [0.15, 0.2) is 0 Å². The first kappa shape index (κ1) is 16.2. The van der Waals surface area contributed by atoms with Crippen molar-refractivity contribution in [3.05, 3.63) is 59.9 Å². The Balaban J connectivity index is 1.74. The summed E-state index contributed by atoms with van der Waals surface area (Å²) in [5.74, 6) is -0.899. The number of pyridine rings is 1. The van der Waals surface area contributed by atoms with Gasteiger partial charge in [-0.15, -0.1) is 0 Å². The minimum atomic E-state index is -0.541. The van der Waals surface area contributed by atoms with Crippen molar-refractivity contribution in [2.24, 2.45) is 5.10 Å². The predicted octanol–water partition coefficient (Wildman–Crippen LogP) is 0.944. The number of nitrogens with one attached hydrogen (secondary N) is 2. The zero-order valence-corrected chi connectivity index (χ0v) is 12.3. The molecule has 2 amide bonds. The maximum absolute atomic E-state index is 11.6. The van der Waals surface area contributed by atoms with Gasteiger partial charge in [-0.25, -0.2) is 5.43 Å². The van der Waals surface area contributed by atoms with Gasteiger partial charge in [0.25, 0.3) is 0 Å². The van der Waals surface area contributed by atoms with Crippen LogP contribution in [-0.2, 0) is 16.1 Å². The van der Waals surface area contributed by atoms with Crippen LogP contribution in [0.2, 0.25) is 0 Å². The summed E-state index contributed by atoms with van der Waals surface area (Å²) < 4.78 is 0. The molecule has 0 atom stereocenters. The van der Waals surface area contributed by atoms with E-state index >= 15 is 0 Å². The van der Waals surface area contributed by atoms with Gasteiger partial charge in [-0.2, -0.15) is 5.10 Å². The van der Waals surface area contributed by atoms with Gasteiger partial charge >= 0.3 is 0 Å². The molecular formula is C16H16N4O3. The first-order chi connectivity index (χ1) is 11.1. The smallest absolute Gasteiger partial charge is 0.249 e. The molecular weight excluding hydrogens is 296 g/mol. The number of para-hydroxylation sites is 1. The Morgan fingerprint density at radius 1 is 1.17 bits per heavy atom. The quantitative estimate of drug-likeness (QED) is 0.419. The number of hydrazone groups is 1. The van der Waals surface area contributed by atoms with Crippen LogP contribution in [0.3, 0.4) is 0 Å². The largest absolute Gasteiger partial charge is 0.507 e. The summed E-state index contributed by atoms with van der Waals surface area (Å²) in [5, 5.41) is 15.8. The lowest BCUT2D eigenvalue weighted by atomic mass is 10.2. The molecule has 3 N–H and O–H groups in total. The number of nitrogens with zero attached hydrogens (tertiary/aromatic N) is 2. The second-order valence-electron chi connectivity index (χ2n) is 4.67. The highest BCUT2D eigenvalue weighted by Crippen LogP contribution is 2.12. The number of hydrogen-bond donors (Lipinski definition) is 3. The van der Waals surface area contributed by atoms with Crippen LogP contribution in [0.15, 0.2) is 53.9 Å². The number of amides is 2. The van der Waals surface area contributed by atoms with E-state index in [4.69, 9.17) is 0 Å². The molecule has 23 heavy (non-hydrogen) atoms. The van der Waals surface area contributed by atoms with Gasteiger partial charge < -0.3 is 10.4 Å². The molecule has 7 heteroatoms. The molecule has 0 aliphatic heterocycles. The van der Waals surface area contributed by atoms with Crippen molar-refractivity contribution >= 4 is 18.0 Å².